The van der Waals surface area contributed by atoms with Crippen LogP contribution in [0, 0.1) is 5.82 Å². The van der Waals surface area contributed by atoms with E-state index in [1.165, 1.54) is 26.4 Å². The number of ether oxygens (including phenoxy) is 3. The molecule has 25 heavy (non-hydrogen) atoms. The first-order chi connectivity index (χ1) is 12.0. The number of nitrogens with one attached hydrogen (secondary N) is 1. The number of carbonyl (C=O) groups excluding carboxylic acids is 2. The molecule has 0 atom stereocenters. The second-order valence-corrected chi connectivity index (χ2v) is 5.20. The number of carbonyl (C=O) groups is 2. The lowest BCUT2D eigenvalue weighted by atomic mass is 10.2. The lowest BCUT2D eigenvalue weighted by Gasteiger charge is -2.12. The monoisotopic (exact) mass is 367 g/mol. The molecule has 0 radical (unpaired) electrons. The molecule has 0 bridgehead atoms. The Labute approximate surface area is 148 Å². The first-order valence-electron chi connectivity index (χ1n) is 7.09. The smallest absolute Gasteiger partial charge is 0.342 e. The molecule has 2 rings (SSSR count). The number of rotatable bonds is 6. The van der Waals surface area contributed by atoms with Crippen LogP contribution >= 0.6 is 11.6 Å². The van der Waals surface area contributed by atoms with Crippen LogP contribution in [0.25, 0.3) is 0 Å². The van der Waals surface area contributed by atoms with Gasteiger partial charge in [0.05, 0.1) is 24.9 Å². The van der Waals surface area contributed by atoms with Crippen LogP contribution in [0.2, 0.25) is 5.02 Å². The van der Waals surface area contributed by atoms with Crippen LogP contribution < -0.4 is 14.8 Å². The van der Waals surface area contributed by atoms with E-state index >= 15 is 0 Å². The van der Waals surface area contributed by atoms with Gasteiger partial charge in [0, 0.05) is 0 Å². The summed E-state index contributed by atoms with van der Waals surface area (Å²) in [6.45, 7) is -0.577. The van der Waals surface area contributed by atoms with E-state index in [-0.39, 0.29) is 22.0 Å². The number of benzene rings is 2. The molecule has 0 aromatic heterocycles. The average Bonchev–Trinajstić information content (AvgIpc) is 2.61. The van der Waals surface area contributed by atoms with Crippen molar-refractivity contribution in [3.63, 3.8) is 0 Å². The number of hydrogen-bond donors (Lipinski definition) is 1. The van der Waals surface area contributed by atoms with E-state index in [1.54, 1.807) is 12.1 Å². The Balaban J connectivity index is 2.02. The lowest BCUT2D eigenvalue weighted by Crippen LogP contribution is -2.21. The van der Waals surface area contributed by atoms with E-state index in [0.29, 0.717) is 5.75 Å². The van der Waals surface area contributed by atoms with Gasteiger partial charge < -0.3 is 19.5 Å². The minimum Gasteiger partial charge on any atom is -0.493 e. The molecule has 0 heterocycles. The van der Waals surface area contributed by atoms with Gasteiger partial charge in [0.2, 0.25) is 0 Å². The molecule has 0 fully saturated rings. The molecule has 1 N–H and O–H groups in total. The van der Waals surface area contributed by atoms with Crippen LogP contribution in [0.5, 0.6) is 11.5 Å². The van der Waals surface area contributed by atoms with Crippen LogP contribution in [0.1, 0.15) is 10.4 Å². The number of anilines is 1. The Hall–Kier alpha value is -2.80. The number of esters is 1. The highest BCUT2D eigenvalue weighted by Gasteiger charge is 2.19. The van der Waals surface area contributed by atoms with E-state index in [4.69, 9.17) is 25.8 Å². The number of halogens is 2. The van der Waals surface area contributed by atoms with Crippen LogP contribution in [0.15, 0.2) is 36.4 Å². The normalized spacial score (nSPS) is 10.1. The summed E-state index contributed by atoms with van der Waals surface area (Å²) in [6.07, 6.45) is 0. The molecule has 0 aliphatic heterocycles. The van der Waals surface area contributed by atoms with E-state index in [1.807, 2.05) is 0 Å². The summed E-state index contributed by atoms with van der Waals surface area (Å²) in [4.78, 5) is 24.0. The van der Waals surface area contributed by atoms with Gasteiger partial charge in [-0.25, -0.2) is 9.18 Å². The molecular weight excluding hydrogens is 353 g/mol. The third kappa shape index (κ3) is 4.60. The van der Waals surface area contributed by atoms with Crippen LogP contribution in [-0.2, 0) is 9.53 Å². The topological polar surface area (TPSA) is 73.9 Å². The maximum Gasteiger partial charge on any atom is 0.342 e. The zero-order valence-electron chi connectivity index (χ0n) is 13.5. The average molecular weight is 368 g/mol. The van der Waals surface area contributed by atoms with E-state index in [2.05, 4.69) is 5.32 Å². The fraction of sp³-hybridized carbons (Fsp3) is 0.176. The van der Waals surface area contributed by atoms with Crippen molar-refractivity contribution in [3.8, 4) is 11.5 Å². The minimum absolute atomic E-state index is 0.0849. The van der Waals surface area contributed by atoms with Crippen molar-refractivity contribution >= 4 is 29.2 Å². The van der Waals surface area contributed by atoms with Gasteiger partial charge in [-0.3, -0.25) is 4.79 Å². The summed E-state index contributed by atoms with van der Waals surface area (Å²) in [6, 6.07) is 8.21. The maximum absolute atomic E-state index is 13.2. The number of methoxy groups -OCH3 is 2. The number of amides is 1. The fourth-order valence-electron chi connectivity index (χ4n) is 2.04. The molecule has 0 unspecified atom stereocenters. The third-order valence-electron chi connectivity index (χ3n) is 3.16. The molecule has 2 aromatic rings. The van der Waals surface area contributed by atoms with Crippen molar-refractivity contribution in [2.24, 2.45) is 0 Å². The standard InChI is InChI=1S/C17H15ClFNO5/c1-23-14-5-3-4-11(16(14)24-2)17(22)25-9-15(21)20-13-8-10(19)6-7-12(13)18/h3-8H,9H2,1-2H3,(H,20,21). The highest BCUT2D eigenvalue weighted by molar-refractivity contribution is 6.33. The Morgan fingerprint density at radius 3 is 2.60 bits per heavy atom. The fourth-order valence-corrected chi connectivity index (χ4v) is 2.20. The maximum atomic E-state index is 13.2. The first kappa shape index (κ1) is 18.5. The summed E-state index contributed by atoms with van der Waals surface area (Å²) in [5.41, 5.74) is 0.195. The summed E-state index contributed by atoms with van der Waals surface area (Å²) in [5, 5.41) is 2.53. The van der Waals surface area contributed by atoms with Gasteiger partial charge in [0.25, 0.3) is 5.91 Å². The van der Waals surface area contributed by atoms with Crippen LogP contribution in [-0.4, -0.2) is 32.7 Å². The van der Waals surface area contributed by atoms with E-state index in [0.717, 1.165) is 12.1 Å². The van der Waals surface area contributed by atoms with Gasteiger partial charge in [0.1, 0.15) is 11.4 Å². The largest absolute Gasteiger partial charge is 0.493 e. The molecular formula is C17H15ClFNO5. The minimum atomic E-state index is -0.767. The molecule has 2 aromatic carbocycles. The van der Waals surface area contributed by atoms with Gasteiger partial charge in [-0.1, -0.05) is 17.7 Å². The van der Waals surface area contributed by atoms with Crippen LogP contribution in [0.4, 0.5) is 10.1 Å². The third-order valence-corrected chi connectivity index (χ3v) is 3.49. The molecule has 0 saturated carbocycles. The molecule has 0 spiro atoms. The highest BCUT2D eigenvalue weighted by Crippen LogP contribution is 2.31. The quantitative estimate of drug-likeness (QED) is 0.793. The Morgan fingerprint density at radius 2 is 1.92 bits per heavy atom. The highest BCUT2D eigenvalue weighted by atomic mass is 35.5. The van der Waals surface area contributed by atoms with Gasteiger partial charge in [-0.15, -0.1) is 0 Å². The molecule has 0 saturated heterocycles. The van der Waals surface area contributed by atoms with Gasteiger partial charge in [-0.2, -0.15) is 0 Å². The molecule has 1 amide bonds. The molecule has 0 aliphatic rings. The molecule has 0 aliphatic carbocycles. The van der Waals surface area contributed by atoms with Gasteiger partial charge in [0.15, 0.2) is 18.1 Å². The van der Waals surface area contributed by atoms with Gasteiger partial charge in [-0.05, 0) is 30.3 Å². The summed E-state index contributed by atoms with van der Waals surface area (Å²) < 4.78 is 28.3. The van der Waals surface area contributed by atoms with Crippen molar-refractivity contribution in [2.75, 3.05) is 26.1 Å². The first-order valence-corrected chi connectivity index (χ1v) is 7.47. The van der Waals surface area contributed by atoms with Crippen molar-refractivity contribution in [3.05, 3.63) is 52.8 Å². The Bertz CT molecular complexity index is 797. The SMILES string of the molecule is COc1cccc(C(=O)OCC(=O)Nc2cc(F)ccc2Cl)c1OC. The second kappa shape index (κ2) is 8.34. The predicted octanol–water partition coefficient (Wildman–Crippen LogP) is 3.29. The predicted molar refractivity (Wildman–Crippen MR) is 89.9 cm³/mol. The van der Waals surface area contributed by atoms with Crippen LogP contribution in [0.3, 0.4) is 0 Å². The number of hydrogen-bond acceptors (Lipinski definition) is 5. The van der Waals surface area contributed by atoms with Crippen molar-refractivity contribution < 1.29 is 28.2 Å². The van der Waals surface area contributed by atoms with E-state index < -0.39 is 24.3 Å². The molecule has 6 nitrogen and oxygen atoms in total. The Kier molecular flexibility index (Phi) is 6.19. The molecule has 8 heteroatoms. The van der Waals surface area contributed by atoms with Gasteiger partial charge >= 0.3 is 5.97 Å². The number of para-hydroxylation sites is 1. The summed E-state index contributed by atoms with van der Waals surface area (Å²) >= 11 is 5.85. The van der Waals surface area contributed by atoms with Crippen molar-refractivity contribution in [1.82, 2.24) is 0 Å². The second-order valence-electron chi connectivity index (χ2n) is 4.79. The lowest BCUT2D eigenvalue weighted by molar-refractivity contribution is -0.119. The van der Waals surface area contributed by atoms with Crippen molar-refractivity contribution in [1.29, 1.82) is 0 Å². The van der Waals surface area contributed by atoms with Crippen molar-refractivity contribution in [2.45, 2.75) is 0 Å². The Morgan fingerprint density at radius 1 is 1.16 bits per heavy atom. The zero-order valence-corrected chi connectivity index (χ0v) is 14.2. The summed E-state index contributed by atoms with van der Waals surface area (Å²) in [7, 11) is 2.82. The summed E-state index contributed by atoms with van der Waals surface area (Å²) in [5.74, 6) is -1.44. The zero-order chi connectivity index (χ0) is 18.4. The molecule has 132 valence electrons. The van der Waals surface area contributed by atoms with E-state index in [9.17, 15) is 14.0 Å².